The minimum atomic E-state index is -1.43. The van der Waals surface area contributed by atoms with Crippen molar-refractivity contribution in [1.82, 2.24) is 0 Å². The number of hydrogen-bond acceptors (Lipinski definition) is 5. The summed E-state index contributed by atoms with van der Waals surface area (Å²) in [5, 5.41) is 27.2. The Hall–Kier alpha value is -0.270. The second-order valence-electron chi connectivity index (χ2n) is 2.78. The monoisotopic (exact) mass is 181 g/mol. The Morgan fingerprint density at radius 2 is 1.83 bits per heavy atom. The predicted molar refractivity (Wildman–Crippen MR) is 36.8 cm³/mol. The molecule has 0 unspecified atom stereocenters. The molecular formula is C6H12FNO4. The summed E-state index contributed by atoms with van der Waals surface area (Å²) in [6.07, 6.45) is -5.36. The third-order valence-electron chi connectivity index (χ3n) is 1.92. The van der Waals surface area contributed by atoms with E-state index in [1.807, 2.05) is 0 Å². The lowest BCUT2D eigenvalue weighted by Crippen LogP contribution is -2.61. The minimum Gasteiger partial charge on any atom is -0.388 e. The average Bonchev–Trinajstić information content (AvgIpc) is 2.08. The number of hydrogen-bond donors (Lipinski definition) is 4. The highest BCUT2D eigenvalue weighted by molar-refractivity contribution is 4.90. The molecule has 5 N–H and O–H groups in total. The summed E-state index contributed by atoms with van der Waals surface area (Å²) in [6, 6.07) is -1.09. The molecule has 0 bridgehead atoms. The van der Waals surface area contributed by atoms with E-state index in [1.54, 1.807) is 0 Å². The van der Waals surface area contributed by atoms with Gasteiger partial charge in [-0.15, -0.1) is 0 Å². The van der Waals surface area contributed by atoms with Crippen LogP contribution in [-0.4, -0.2) is 52.6 Å². The SMILES string of the molecule is N[C@H]1[C@@H](O)[C@H](O)[C@@H](CF)O[C@@H]1O. The van der Waals surface area contributed by atoms with Crippen LogP contribution in [0.3, 0.4) is 0 Å². The van der Waals surface area contributed by atoms with Gasteiger partial charge in [-0.3, -0.25) is 0 Å². The van der Waals surface area contributed by atoms with Crippen molar-refractivity contribution in [3.05, 3.63) is 0 Å². The number of aliphatic hydroxyl groups excluding tert-OH is 3. The Kier molecular flexibility index (Phi) is 2.97. The number of rotatable bonds is 1. The van der Waals surface area contributed by atoms with Crippen LogP contribution in [0.25, 0.3) is 0 Å². The van der Waals surface area contributed by atoms with Crippen LogP contribution in [0.5, 0.6) is 0 Å². The van der Waals surface area contributed by atoms with Crippen molar-refractivity contribution in [3.63, 3.8) is 0 Å². The zero-order valence-corrected chi connectivity index (χ0v) is 6.30. The highest BCUT2D eigenvalue weighted by atomic mass is 19.1. The molecule has 12 heavy (non-hydrogen) atoms. The highest BCUT2D eigenvalue weighted by Gasteiger charge is 2.41. The molecule has 0 aromatic rings. The van der Waals surface area contributed by atoms with Crippen molar-refractivity contribution in [2.24, 2.45) is 5.73 Å². The van der Waals surface area contributed by atoms with Crippen molar-refractivity contribution in [2.75, 3.05) is 6.67 Å². The maximum atomic E-state index is 12.1. The molecule has 72 valence electrons. The second kappa shape index (κ2) is 3.63. The zero-order chi connectivity index (χ0) is 9.30. The van der Waals surface area contributed by atoms with Gasteiger partial charge in [0, 0.05) is 0 Å². The molecule has 0 aromatic heterocycles. The predicted octanol–water partition coefficient (Wildman–Crippen LogP) is -2.28. The van der Waals surface area contributed by atoms with Gasteiger partial charge in [0.1, 0.15) is 25.0 Å². The van der Waals surface area contributed by atoms with Gasteiger partial charge in [0.05, 0.1) is 6.04 Å². The van der Waals surface area contributed by atoms with Crippen LogP contribution in [-0.2, 0) is 4.74 Å². The van der Waals surface area contributed by atoms with Gasteiger partial charge >= 0.3 is 0 Å². The van der Waals surface area contributed by atoms with E-state index < -0.39 is 37.3 Å². The Balaban J connectivity index is 2.63. The van der Waals surface area contributed by atoms with Crippen molar-refractivity contribution in [3.8, 4) is 0 Å². The van der Waals surface area contributed by atoms with Crippen LogP contribution >= 0.6 is 0 Å². The van der Waals surface area contributed by atoms with Crippen LogP contribution in [0, 0.1) is 0 Å². The van der Waals surface area contributed by atoms with Crippen LogP contribution in [0.1, 0.15) is 0 Å². The first-order valence-corrected chi connectivity index (χ1v) is 3.59. The lowest BCUT2D eigenvalue weighted by atomic mass is 9.98. The molecule has 1 aliphatic heterocycles. The Labute approximate surface area is 68.6 Å². The van der Waals surface area contributed by atoms with Gasteiger partial charge in [-0.2, -0.15) is 0 Å². The maximum Gasteiger partial charge on any atom is 0.173 e. The quantitative estimate of drug-likeness (QED) is 0.365. The van der Waals surface area contributed by atoms with Gasteiger partial charge in [0.2, 0.25) is 0 Å². The van der Waals surface area contributed by atoms with E-state index in [0.29, 0.717) is 0 Å². The molecule has 5 nitrogen and oxygen atoms in total. The summed E-state index contributed by atoms with van der Waals surface area (Å²) in [6.45, 7) is -0.970. The summed E-state index contributed by atoms with van der Waals surface area (Å²) >= 11 is 0. The van der Waals surface area contributed by atoms with E-state index >= 15 is 0 Å². The Morgan fingerprint density at radius 1 is 1.25 bits per heavy atom. The van der Waals surface area contributed by atoms with E-state index in [2.05, 4.69) is 4.74 Å². The molecule has 0 aliphatic carbocycles. The number of aliphatic hydroxyl groups is 3. The molecule has 5 atom stereocenters. The molecule has 1 rings (SSSR count). The molecule has 1 fully saturated rings. The largest absolute Gasteiger partial charge is 0.388 e. The molecule has 0 spiro atoms. The molecule has 0 amide bonds. The van der Waals surface area contributed by atoms with Crippen LogP contribution in [0.15, 0.2) is 0 Å². The fraction of sp³-hybridized carbons (Fsp3) is 1.00. The molecule has 0 saturated carbocycles. The van der Waals surface area contributed by atoms with E-state index in [0.717, 1.165) is 0 Å². The third kappa shape index (κ3) is 1.57. The van der Waals surface area contributed by atoms with E-state index in [1.165, 1.54) is 0 Å². The van der Waals surface area contributed by atoms with Crippen molar-refractivity contribution < 1.29 is 24.4 Å². The van der Waals surface area contributed by atoms with Crippen molar-refractivity contribution in [2.45, 2.75) is 30.6 Å². The van der Waals surface area contributed by atoms with E-state index in [-0.39, 0.29) is 0 Å². The standard InChI is InChI=1S/C6H12FNO4/c7-1-2-4(9)5(10)3(8)6(11)12-2/h2-6,9-11H,1,8H2/t2-,3+,4-,5-,6+/m1/s1. The summed E-state index contributed by atoms with van der Waals surface area (Å²) in [4.78, 5) is 0. The van der Waals surface area contributed by atoms with Gasteiger partial charge in [-0.25, -0.2) is 4.39 Å². The lowest BCUT2D eigenvalue weighted by Gasteiger charge is -2.37. The number of halogens is 1. The van der Waals surface area contributed by atoms with Gasteiger partial charge in [-0.05, 0) is 0 Å². The van der Waals surface area contributed by atoms with Crippen molar-refractivity contribution >= 4 is 0 Å². The van der Waals surface area contributed by atoms with Crippen molar-refractivity contribution in [1.29, 1.82) is 0 Å². The fourth-order valence-corrected chi connectivity index (χ4v) is 1.09. The minimum absolute atomic E-state index is 0.970. The topological polar surface area (TPSA) is 95.9 Å². The van der Waals surface area contributed by atoms with Gasteiger partial charge in [0.15, 0.2) is 6.29 Å². The van der Waals surface area contributed by atoms with Gasteiger partial charge < -0.3 is 25.8 Å². The maximum absolute atomic E-state index is 12.1. The van der Waals surface area contributed by atoms with Gasteiger partial charge in [-0.1, -0.05) is 0 Å². The van der Waals surface area contributed by atoms with E-state index in [4.69, 9.17) is 21.1 Å². The fourth-order valence-electron chi connectivity index (χ4n) is 1.09. The first-order valence-electron chi connectivity index (χ1n) is 3.59. The number of nitrogens with two attached hydrogens (primary N) is 1. The number of ether oxygens (including phenoxy) is 1. The zero-order valence-electron chi connectivity index (χ0n) is 6.30. The Bertz CT molecular complexity index is 154. The molecule has 1 heterocycles. The van der Waals surface area contributed by atoms with Crippen LogP contribution in [0.2, 0.25) is 0 Å². The summed E-state index contributed by atoms with van der Waals surface area (Å²) in [5.41, 5.74) is 5.22. The smallest absolute Gasteiger partial charge is 0.173 e. The lowest BCUT2D eigenvalue weighted by molar-refractivity contribution is -0.244. The van der Waals surface area contributed by atoms with Crippen LogP contribution in [0.4, 0.5) is 4.39 Å². The highest BCUT2D eigenvalue weighted by Crippen LogP contribution is 2.18. The van der Waals surface area contributed by atoms with Crippen LogP contribution < -0.4 is 5.73 Å². The second-order valence-corrected chi connectivity index (χ2v) is 2.78. The summed E-state index contributed by atoms with van der Waals surface area (Å²) in [7, 11) is 0. The summed E-state index contributed by atoms with van der Waals surface area (Å²) < 4.78 is 16.6. The first-order chi connectivity index (χ1) is 5.57. The van der Waals surface area contributed by atoms with E-state index in [9.17, 15) is 4.39 Å². The Morgan fingerprint density at radius 3 is 2.33 bits per heavy atom. The molecule has 0 radical (unpaired) electrons. The molecule has 1 saturated heterocycles. The summed E-state index contributed by atoms with van der Waals surface area (Å²) in [5.74, 6) is 0. The molecule has 6 heteroatoms. The first kappa shape index (κ1) is 9.82. The number of alkyl halides is 1. The van der Waals surface area contributed by atoms with Gasteiger partial charge in [0.25, 0.3) is 0 Å². The molecule has 1 aliphatic rings. The molecular weight excluding hydrogens is 169 g/mol. The molecule has 0 aromatic carbocycles. The normalized spacial score (nSPS) is 49.2. The third-order valence-corrected chi connectivity index (χ3v) is 1.92. The average molecular weight is 181 g/mol.